The van der Waals surface area contributed by atoms with Crippen molar-refractivity contribution in [1.29, 1.82) is 0 Å². The number of anilines is 1. The highest BCUT2D eigenvalue weighted by Gasteiger charge is 2.29. The highest BCUT2D eigenvalue weighted by atomic mass is 35.5. The zero-order valence-corrected chi connectivity index (χ0v) is 17.8. The van der Waals surface area contributed by atoms with Gasteiger partial charge in [-0.05, 0) is 54.8 Å². The highest BCUT2D eigenvalue weighted by Crippen LogP contribution is 2.29. The van der Waals surface area contributed by atoms with Crippen LogP contribution in [0.15, 0.2) is 67.1 Å². The summed E-state index contributed by atoms with van der Waals surface area (Å²) in [6, 6.07) is 14.6. The van der Waals surface area contributed by atoms with Gasteiger partial charge in [-0.1, -0.05) is 23.7 Å². The number of carbonyl (C=O) groups excluding carboxylic acids is 2. The second-order valence-electron chi connectivity index (χ2n) is 7.77. The second kappa shape index (κ2) is 8.43. The molecule has 2 amide bonds. The summed E-state index contributed by atoms with van der Waals surface area (Å²) in [4.78, 5) is 29.1. The minimum Gasteiger partial charge on any atom is -0.352 e. The third-order valence-electron chi connectivity index (χ3n) is 5.44. The summed E-state index contributed by atoms with van der Waals surface area (Å²) >= 11 is 6.31. The summed E-state index contributed by atoms with van der Waals surface area (Å²) in [6.45, 7) is 0.361. The van der Waals surface area contributed by atoms with Gasteiger partial charge in [-0.25, -0.2) is 4.68 Å². The van der Waals surface area contributed by atoms with Crippen molar-refractivity contribution in [2.75, 3.05) is 5.32 Å². The number of hydrogen-bond acceptors (Lipinski definition) is 4. The number of nitrogens with zero attached hydrogens (tertiary/aromatic N) is 3. The molecule has 0 bridgehead atoms. The van der Waals surface area contributed by atoms with Crippen molar-refractivity contribution in [3.63, 3.8) is 0 Å². The van der Waals surface area contributed by atoms with Gasteiger partial charge in [0.2, 0.25) is 5.91 Å². The van der Waals surface area contributed by atoms with E-state index in [0.717, 1.165) is 35.0 Å². The first-order chi connectivity index (χ1) is 15.6. The number of benzene rings is 2. The molecule has 0 spiro atoms. The van der Waals surface area contributed by atoms with Gasteiger partial charge in [-0.2, -0.15) is 5.10 Å². The third-order valence-corrected chi connectivity index (χ3v) is 5.77. The largest absolute Gasteiger partial charge is 0.352 e. The van der Waals surface area contributed by atoms with E-state index < -0.39 is 0 Å². The normalized spacial score (nSPS) is 13.2. The molecule has 0 saturated heterocycles. The molecule has 2 N–H and O–H groups in total. The summed E-state index contributed by atoms with van der Waals surface area (Å²) in [5.74, 6) is -0.131. The molecule has 1 aliphatic carbocycles. The van der Waals surface area contributed by atoms with Gasteiger partial charge in [-0.15, -0.1) is 0 Å². The zero-order valence-electron chi connectivity index (χ0n) is 17.1. The van der Waals surface area contributed by atoms with Crippen LogP contribution in [-0.4, -0.2) is 26.6 Å². The van der Waals surface area contributed by atoms with E-state index in [4.69, 9.17) is 11.6 Å². The smallest absolute Gasteiger partial charge is 0.257 e. The lowest BCUT2D eigenvalue weighted by molar-refractivity contribution is -0.122. The van der Waals surface area contributed by atoms with E-state index in [-0.39, 0.29) is 17.7 Å². The van der Waals surface area contributed by atoms with Gasteiger partial charge in [0.05, 0.1) is 39.9 Å². The molecule has 0 unspecified atom stereocenters. The van der Waals surface area contributed by atoms with Crippen molar-refractivity contribution in [2.45, 2.75) is 19.4 Å². The molecule has 0 atom stereocenters. The average Bonchev–Trinajstić information content (AvgIpc) is 3.58. The van der Waals surface area contributed by atoms with Crippen molar-refractivity contribution < 1.29 is 9.59 Å². The standard InChI is InChI=1S/C24H20ClN5O2/c25-20-9-6-15(12-27-23(31)16-7-8-16)11-18(20)24(32)29-21-4-1-5-22-19(21)14-28-30(22)17-3-2-10-26-13-17/h1-6,9-11,13-14,16H,7-8,12H2,(H,27,31)(H,29,32). The monoisotopic (exact) mass is 445 g/mol. The van der Waals surface area contributed by atoms with Crippen LogP contribution in [0.25, 0.3) is 16.6 Å². The van der Waals surface area contributed by atoms with Crippen LogP contribution in [0.5, 0.6) is 0 Å². The molecule has 4 aromatic rings. The molecular weight excluding hydrogens is 426 g/mol. The molecule has 2 aromatic heterocycles. The highest BCUT2D eigenvalue weighted by molar-refractivity contribution is 6.34. The van der Waals surface area contributed by atoms with Crippen LogP contribution in [-0.2, 0) is 11.3 Å². The summed E-state index contributed by atoms with van der Waals surface area (Å²) in [5, 5.41) is 11.5. The first-order valence-corrected chi connectivity index (χ1v) is 10.7. The molecule has 2 heterocycles. The number of fused-ring (bicyclic) bond motifs is 1. The van der Waals surface area contributed by atoms with E-state index in [1.807, 2.05) is 36.4 Å². The van der Waals surface area contributed by atoms with Gasteiger partial charge < -0.3 is 10.6 Å². The van der Waals surface area contributed by atoms with Crippen molar-refractivity contribution in [3.8, 4) is 5.69 Å². The lowest BCUT2D eigenvalue weighted by Gasteiger charge is -2.11. The number of nitrogens with one attached hydrogen (secondary N) is 2. The number of pyridine rings is 1. The molecule has 1 fully saturated rings. The summed E-state index contributed by atoms with van der Waals surface area (Å²) in [7, 11) is 0. The Balaban J connectivity index is 1.38. The van der Waals surface area contributed by atoms with Gasteiger partial charge in [-0.3, -0.25) is 14.6 Å². The van der Waals surface area contributed by atoms with Gasteiger partial charge in [0.25, 0.3) is 5.91 Å². The quantitative estimate of drug-likeness (QED) is 0.461. The van der Waals surface area contributed by atoms with Gasteiger partial charge >= 0.3 is 0 Å². The number of hydrogen-bond donors (Lipinski definition) is 2. The molecule has 1 saturated carbocycles. The number of rotatable bonds is 6. The molecule has 0 radical (unpaired) electrons. The Hall–Kier alpha value is -3.71. The van der Waals surface area contributed by atoms with Crippen LogP contribution in [0, 0.1) is 5.92 Å². The van der Waals surface area contributed by atoms with Gasteiger partial charge in [0.15, 0.2) is 0 Å². The Morgan fingerprint density at radius 1 is 1.09 bits per heavy atom. The van der Waals surface area contributed by atoms with E-state index in [1.165, 1.54) is 0 Å². The third kappa shape index (κ3) is 4.07. The Labute approximate surface area is 189 Å². The number of halogens is 1. The van der Waals surface area contributed by atoms with Crippen molar-refractivity contribution >= 4 is 40.0 Å². The first kappa shape index (κ1) is 20.2. The fraction of sp³-hybridized carbons (Fsp3) is 0.167. The van der Waals surface area contributed by atoms with Crippen LogP contribution >= 0.6 is 11.6 Å². The summed E-state index contributed by atoms with van der Waals surface area (Å²) < 4.78 is 1.77. The van der Waals surface area contributed by atoms with Crippen molar-refractivity contribution in [3.05, 3.63) is 83.3 Å². The Kier molecular flexibility index (Phi) is 5.33. The molecule has 2 aromatic carbocycles. The Morgan fingerprint density at radius 3 is 2.75 bits per heavy atom. The van der Waals surface area contributed by atoms with Gasteiger partial charge in [0.1, 0.15) is 0 Å². The molecule has 32 heavy (non-hydrogen) atoms. The SMILES string of the molecule is O=C(Nc1cccc2c1cnn2-c1cccnc1)c1cc(CNC(=O)C2CC2)ccc1Cl. The van der Waals surface area contributed by atoms with Crippen molar-refractivity contribution in [1.82, 2.24) is 20.1 Å². The van der Waals surface area contributed by atoms with Gasteiger partial charge in [0, 0.05) is 24.0 Å². The van der Waals surface area contributed by atoms with Crippen molar-refractivity contribution in [2.24, 2.45) is 5.92 Å². The predicted octanol–water partition coefficient (Wildman–Crippen LogP) is 4.35. The number of carbonyl (C=O) groups is 2. The minimum atomic E-state index is -0.327. The maximum absolute atomic E-state index is 13.0. The maximum Gasteiger partial charge on any atom is 0.257 e. The van der Waals surface area contributed by atoms with E-state index in [9.17, 15) is 9.59 Å². The van der Waals surface area contributed by atoms with Crippen LogP contribution < -0.4 is 10.6 Å². The minimum absolute atomic E-state index is 0.0586. The Bertz CT molecular complexity index is 1310. The van der Waals surface area contributed by atoms with Crippen LogP contribution in [0.3, 0.4) is 0 Å². The fourth-order valence-corrected chi connectivity index (χ4v) is 3.77. The topological polar surface area (TPSA) is 88.9 Å². The molecular formula is C24H20ClN5O2. The van der Waals surface area contributed by atoms with Crippen LogP contribution in [0.1, 0.15) is 28.8 Å². The molecule has 0 aliphatic heterocycles. The van der Waals surface area contributed by atoms with E-state index in [2.05, 4.69) is 20.7 Å². The summed E-state index contributed by atoms with van der Waals surface area (Å²) in [5.41, 5.74) is 3.47. The first-order valence-electron chi connectivity index (χ1n) is 10.3. The molecule has 1 aliphatic rings. The van der Waals surface area contributed by atoms with E-state index in [0.29, 0.717) is 22.8 Å². The molecule has 7 nitrogen and oxygen atoms in total. The maximum atomic E-state index is 13.0. The Morgan fingerprint density at radius 2 is 1.97 bits per heavy atom. The number of amides is 2. The summed E-state index contributed by atoms with van der Waals surface area (Å²) in [6.07, 6.45) is 7.04. The molecule has 160 valence electrons. The average molecular weight is 446 g/mol. The van der Waals surface area contributed by atoms with Crippen LogP contribution in [0.2, 0.25) is 5.02 Å². The van der Waals surface area contributed by atoms with E-state index >= 15 is 0 Å². The van der Waals surface area contributed by atoms with Crippen LogP contribution in [0.4, 0.5) is 5.69 Å². The number of aromatic nitrogens is 3. The lowest BCUT2D eigenvalue weighted by Crippen LogP contribution is -2.24. The fourth-order valence-electron chi connectivity index (χ4n) is 3.57. The lowest BCUT2D eigenvalue weighted by atomic mass is 10.1. The molecule has 5 rings (SSSR count). The zero-order chi connectivity index (χ0) is 22.1. The second-order valence-corrected chi connectivity index (χ2v) is 8.17. The van der Waals surface area contributed by atoms with E-state index in [1.54, 1.807) is 35.4 Å². The predicted molar refractivity (Wildman–Crippen MR) is 123 cm³/mol. The molecule has 8 heteroatoms.